The molecule has 0 N–H and O–H groups in total. The van der Waals surface area contributed by atoms with E-state index < -0.39 is 0 Å². The Kier molecular flexibility index (Phi) is 3.97. The highest BCUT2D eigenvalue weighted by Crippen LogP contribution is 2.30. The number of anilines is 1. The van der Waals surface area contributed by atoms with Crippen LogP contribution in [-0.4, -0.2) is 7.05 Å². The van der Waals surface area contributed by atoms with Gasteiger partial charge in [0, 0.05) is 23.8 Å². The summed E-state index contributed by atoms with van der Waals surface area (Å²) in [5, 5.41) is 0. The van der Waals surface area contributed by atoms with E-state index in [1.807, 2.05) is 6.07 Å². The van der Waals surface area contributed by atoms with Crippen molar-refractivity contribution < 1.29 is 0 Å². The van der Waals surface area contributed by atoms with E-state index in [1.165, 1.54) is 16.9 Å². The zero-order chi connectivity index (χ0) is 15.4. The van der Waals surface area contributed by atoms with Gasteiger partial charge in [0.05, 0.1) is 0 Å². The lowest BCUT2D eigenvalue weighted by molar-refractivity contribution is 0.758. The van der Waals surface area contributed by atoms with Crippen molar-refractivity contribution in [3.8, 4) is 0 Å². The number of likely N-dealkylation sites (N-methyl/N-ethyl adjacent to an activating group) is 1. The number of hydrogen-bond acceptors (Lipinski definition) is 1. The van der Waals surface area contributed by atoms with Crippen molar-refractivity contribution in [1.29, 1.82) is 0 Å². The summed E-state index contributed by atoms with van der Waals surface area (Å²) in [6.45, 7) is 2.24. The summed E-state index contributed by atoms with van der Waals surface area (Å²) < 4.78 is 0. The first-order chi connectivity index (χ1) is 10.7. The first kappa shape index (κ1) is 14.4. The number of rotatable bonds is 3. The molecule has 1 aliphatic carbocycles. The molecule has 0 radical (unpaired) electrons. The number of benzene rings is 2. The summed E-state index contributed by atoms with van der Waals surface area (Å²) in [7, 11) is 2.10. The van der Waals surface area contributed by atoms with Crippen LogP contribution in [0.3, 0.4) is 0 Å². The molecule has 22 heavy (non-hydrogen) atoms. The normalized spacial score (nSPS) is 20.4. The summed E-state index contributed by atoms with van der Waals surface area (Å²) in [6.07, 6.45) is 11.1. The fourth-order valence-corrected chi connectivity index (χ4v) is 2.73. The topological polar surface area (TPSA) is 3.24 Å². The van der Waals surface area contributed by atoms with Crippen molar-refractivity contribution in [2.24, 2.45) is 0 Å². The molecule has 0 amide bonds. The molecule has 2 aromatic carbocycles. The fraction of sp³-hybridized carbons (Fsp3) is 0.143. The molecular weight excluding hydrogens is 266 g/mol. The van der Waals surface area contributed by atoms with Gasteiger partial charge in [0.25, 0.3) is 0 Å². The Balaban J connectivity index is 1.88. The maximum absolute atomic E-state index is 2.27. The van der Waals surface area contributed by atoms with Gasteiger partial charge in [0.1, 0.15) is 0 Å². The second kappa shape index (κ2) is 6.07. The summed E-state index contributed by atoms with van der Waals surface area (Å²) in [5.74, 6) is 0. The molecular formula is C21H21N. The Labute approximate surface area is 132 Å². The van der Waals surface area contributed by atoms with Crippen LogP contribution in [0.1, 0.15) is 12.5 Å². The second-order valence-corrected chi connectivity index (χ2v) is 5.83. The van der Waals surface area contributed by atoms with Crippen LogP contribution in [-0.2, 0) is 5.41 Å². The number of para-hydroxylation sites is 1. The Hall–Kier alpha value is -2.54. The molecule has 1 heteroatoms. The Morgan fingerprint density at radius 2 is 1.45 bits per heavy atom. The van der Waals surface area contributed by atoms with E-state index in [4.69, 9.17) is 0 Å². The molecule has 0 saturated carbocycles. The predicted molar refractivity (Wildman–Crippen MR) is 95.0 cm³/mol. The highest BCUT2D eigenvalue weighted by Gasteiger charge is 2.21. The van der Waals surface area contributed by atoms with Gasteiger partial charge in [0.15, 0.2) is 0 Å². The number of nitrogens with zero attached hydrogens (tertiary/aromatic N) is 1. The highest BCUT2D eigenvalue weighted by atomic mass is 15.1. The average Bonchev–Trinajstić information content (AvgIpc) is 2.79. The Morgan fingerprint density at radius 1 is 0.818 bits per heavy atom. The molecule has 1 atom stereocenters. The molecule has 0 heterocycles. The smallest absolute Gasteiger partial charge is 0.0408 e. The zero-order valence-corrected chi connectivity index (χ0v) is 13.1. The van der Waals surface area contributed by atoms with Gasteiger partial charge in [-0.15, -0.1) is 0 Å². The SMILES string of the molecule is CN(C1=CC=CC(C)(c2ccccc2)C=C1)c1ccccc1. The Morgan fingerprint density at radius 3 is 2.14 bits per heavy atom. The van der Waals surface area contributed by atoms with E-state index in [2.05, 4.69) is 104 Å². The van der Waals surface area contributed by atoms with E-state index in [1.54, 1.807) is 0 Å². The van der Waals surface area contributed by atoms with Gasteiger partial charge in [-0.05, 0) is 36.8 Å². The molecule has 0 bridgehead atoms. The van der Waals surface area contributed by atoms with Gasteiger partial charge < -0.3 is 4.90 Å². The molecule has 0 spiro atoms. The molecule has 2 aromatic rings. The minimum Gasteiger partial charge on any atom is -0.345 e. The van der Waals surface area contributed by atoms with Gasteiger partial charge in [-0.25, -0.2) is 0 Å². The molecule has 0 aliphatic heterocycles. The monoisotopic (exact) mass is 287 g/mol. The molecule has 1 nitrogen and oxygen atoms in total. The zero-order valence-electron chi connectivity index (χ0n) is 13.1. The first-order valence-electron chi connectivity index (χ1n) is 7.62. The lowest BCUT2D eigenvalue weighted by atomic mass is 9.82. The largest absolute Gasteiger partial charge is 0.345 e. The standard InChI is InChI=1S/C21H21N/c1-21(18-10-5-3-6-11-18)16-9-14-20(15-17-21)22(2)19-12-7-4-8-13-19/h3-17H,1-2H3. The van der Waals surface area contributed by atoms with Gasteiger partial charge in [0.2, 0.25) is 0 Å². The number of allylic oxidation sites excluding steroid dienone is 5. The van der Waals surface area contributed by atoms with Gasteiger partial charge in [-0.1, -0.05) is 66.8 Å². The molecule has 1 unspecified atom stereocenters. The maximum Gasteiger partial charge on any atom is 0.0408 e. The third kappa shape index (κ3) is 2.89. The van der Waals surface area contributed by atoms with Crippen molar-refractivity contribution >= 4 is 5.69 Å². The summed E-state index contributed by atoms with van der Waals surface area (Å²) in [6, 6.07) is 21.0. The van der Waals surface area contributed by atoms with E-state index in [-0.39, 0.29) is 5.41 Å². The minimum atomic E-state index is -0.0724. The van der Waals surface area contributed by atoms with E-state index in [0.29, 0.717) is 0 Å². The Bertz CT molecular complexity index is 710. The summed E-state index contributed by atoms with van der Waals surface area (Å²) >= 11 is 0. The van der Waals surface area contributed by atoms with E-state index in [0.717, 1.165) is 0 Å². The summed E-state index contributed by atoms with van der Waals surface area (Å²) in [5.41, 5.74) is 3.61. The molecule has 1 aliphatic rings. The second-order valence-electron chi connectivity index (χ2n) is 5.83. The van der Waals surface area contributed by atoms with E-state index >= 15 is 0 Å². The van der Waals surface area contributed by atoms with Crippen LogP contribution in [0.2, 0.25) is 0 Å². The van der Waals surface area contributed by atoms with Crippen molar-refractivity contribution in [3.63, 3.8) is 0 Å². The minimum absolute atomic E-state index is 0.0724. The molecule has 110 valence electrons. The average molecular weight is 287 g/mol. The third-order valence-corrected chi connectivity index (χ3v) is 4.24. The van der Waals surface area contributed by atoms with E-state index in [9.17, 15) is 0 Å². The fourth-order valence-electron chi connectivity index (χ4n) is 2.73. The molecule has 0 fully saturated rings. The molecule has 0 saturated heterocycles. The molecule has 0 aromatic heterocycles. The van der Waals surface area contributed by atoms with Gasteiger partial charge in [-0.3, -0.25) is 0 Å². The maximum atomic E-state index is 2.27. The van der Waals surface area contributed by atoms with Crippen molar-refractivity contribution in [3.05, 3.63) is 102 Å². The van der Waals surface area contributed by atoms with Crippen LogP contribution in [0.25, 0.3) is 0 Å². The van der Waals surface area contributed by atoms with Crippen LogP contribution >= 0.6 is 0 Å². The van der Waals surface area contributed by atoms with Crippen LogP contribution in [0, 0.1) is 0 Å². The van der Waals surface area contributed by atoms with Crippen molar-refractivity contribution in [1.82, 2.24) is 0 Å². The predicted octanol–water partition coefficient (Wildman–Crippen LogP) is 5.09. The van der Waals surface area contributed by atoms with Gasteiger partial charge in [-0.2, -0.15) is 0 Å². The van der Waals surface area contributed by atoms with Crippen LogP contribution in [0.15, 0.2) is 96.7 Å². The summed E-state index contributed by atoms with van der Waals surface area (Å²) in [4.78, 5) is 2.21. The quantitative estimate of drug-likeness (QED) is 0.760. The van der Waals surface area contributed by atoms with Crippen molar-refractivity contribution in [2.75, 3.05) is 11.9 Å². The third-order valence-electron chi connectivity index (χ3n) is 4.24. The lowest BCUT2D eigenvalue weighted by Gasteiger charge is -2.23. The molecule has 3 rings (SSSR count). The highest BCUT2D eigenvalue weighted by molar-refractivity contribution is 5.55. The van der Waals surface area contributed by atoms with Crippen LogP contribution in [0.4, 0.5) is 5.69 Å². The van der Waals surface area contributed by atoms with Crippen molar-refractivity contribution in [2.45, 2.75) is 12.3 Å². The van der Waals surface area contributed by atoms with Crippen LogP contribution in [0.5, 0.6) is 0 Å². The van der Waals surface area contributed by atoms with Crippen LogP contribution < -0.4 is 4.90 Å². The van der Waals surface area contributed by atoms with Gasteiger partial charge >= 0.3 is 0 Å². The lowest BCUT2D eigenvalue weighted by Crippen LogP contribution is -2.17. The first-order valence-corrected chi connectivity index (χ1v) is 7.62. The number of hydrogen-bond donors (Lipinski definition) is 0.